The molecule has 0 radical (unpaired) electrons. The standard InChI is InChI=1S/C25H28N4O6S/c1-33-22-13-23(35-29-22)36-10-9-26-24(31)21(28-25(32)34-15-16-5-3-2-4-6-16)11-17-14-27-20-8-7-18(30)12-19(17)20/h2-8,12,14,21,23,27,30H,9-11,13,15H2,1H3,(H,26,31)(H,28,32)/t21-,23?/m0/s1. The van der Waals surface area contributed by atoms with Crippen molar-refractivity contribution in [3.63, 3.8) is 0 Å². The number of nitrogens with one attached hydrogen (secondary N) is 3. The second-order valence-corrected chi connectivity index (χ2v) is 9.36. The fraction of sp³-hybridized carbons (Fsp3) is 0.320. The molecule has 36 heavy (non-hydrogen) atoms. The number of amides is 2. The molecule has 0 saturated carbocycles. The number of aromatic amines is 1. The summed E-state index contributed by atoms with van der Waals surface area (Å²) in [5.41, 5.74) is 2.28. The lowest BCUT2D eigenvalue weighted by Crippen LogP contribution is -2.48. The molecule has 4 N–H and O–H groups in total. The van der Waals surface area contributed by atoms with Gasteiger partial charge in [-0.15, -0.1) is 11.8 Å². The maximum Gasteiger partial charge on any atom is 0.408 e. The Kier molecular flexibility index (Phi) is 8.56. The lowest BCUT2D eigenvalue weighted by atomic mass is 10.0. The monoisotopic (exact) mass is 512 g/mol. The smallest absolute Gasteiger partial charge is 0.408 e. The fourth-order valence-corrected chi connectivity index (χ4v) is 4.55. The largest absolute Gasteiger partial charge is 0.508 e. The SMILES string of the molecule is COC1=NOC(SCCNC(=O)[C@H](Cc2c[nH]c3ccc(O)cc23)NC(=O)OCc2ccccc2)C1. The number of methoxy groups -OCH3 is 1. The van der Waals surface area contributed by atoms with Crippen molar-refractivity contribution in [1.82, 2.24) is 15.6 Å². The van der Waals surface area contributed by atoms with Crippen molar-refractivity contribution >= 4 is 40.6 Å². The molecule has 2 amide bonds. The van der Waals surface area contributed by atoms with Gasteiger partial charge in [0.2, 0.25) is 11.8 Å². The number of oxime groups is 1. The number of carbonyl (C=O) groups excluding carboxylic acids is 2. The van der Waals surface area contributed by atoms with Gasteiger partial charge in [-0.1, -0.05) is 35.5 Å². The number of aromatic nitrogens is 1. The Labute approximate surface area is 212 Å². The molecule has 3 aromatic rings. The van der Waals surface area contributed by atoms with Gasteiger partial charge in [-0.3, -0.25) is 4.79 Å². The first-order chi connectivity index (χ1) is 17.5. The maximum atomic E-state index is 13.1. The van der Waals surface area contributed by atoms with E-state index in [0.717, 1.165) is 22.0 Å². The summed E-state index contributed by atoms with van der Waals surface area (Å²) in [5.74, 6) is 0.906. The number of phenols is 1. The first-order valence-corrected chi connectivity index (χ1v) is 12.5. The number of carbonyl (C=O) groups is 2. The van der Waals surface area contributed by atoms with E-state index in [1.54, 1.807) is 31.5 Å². The van der Waals surface area contributed by atoms with E-state index in [1.165, 1.54) is 11.8 Å². The van der Waals surface area contributed by atoms with Crippen LogP contribution in [0.5, 0.6) is 5.75 Å². The van der Waals surface area contributed by atoms with Crippen molar-refractivity contribution in [2.45, 2.75) is 30.9 Å². The van der Waals surface area contributed by atoms with Crippen molar-refractivity contribution < 1.29 is 29.0 Å². The van der Waals surface area contributed by atoms with Gasteiger partial charge >= 0.3 is 6.09 Å². The molecule has 2 aromatic carbocycles. The van der Waals surface area contributed by atoms with E-state index in [-0.39, 0.29) is 30.1 Å². The molecule has 2 atom stereocenters. The zero-order valence-corrected chi connectivity index (χ0v) is 20.5. The van der Waals surface area contributed by atoms with Crippen LogP contribution < -0.4 is 10.6 Å². The van der Waals surface area contributed by atoms with Crippen LogP contribution in [0.1, 0.15) is 17.5 Å². The average molecular weight is 513 g/mol. The highest BCUT2D eigenvalue weighted by atomic mass is 32.2. The van der Waals surface area contributed by atoms with Gasteiger partial charge in [-0.2, -0.15) is 0 Å². The van der Waals surface area contributed by atoms with Crippen LogP contribution in [0.25, 0.3) is 10.9 Å². The number of nitrogens with zero attached hydrogens (tertiary/aromatic N) is 1. The summed E-state index contributed by atoms with van der Waals surface area (Å²) in [4.78, 5) is 34.0. The average Bonchev–Trinajstić information content (AvgIpc) is 3.52. The van der Waals surface area contributed by atoms with E-state index in [2.05, 4.69) is 20.8 Å². The minimum atomic E-state index is -0.884. The first kappa shape index (κ1) is 25.2. The van der Waals surface area contributed by atoms with Gasteiger partial charge in [-0.25, -0.2) is 4.79 Å². The zero-order valence-electron chi connectivity index (χ0n) is 19.7. The van der Waals surface area contributed by atoms with Crippen molar-refractivity contribution in [3.8, 4) is 5.75 Å². The van der Waals surface area contributed by atoms with Crippen molar-refractivity contribution in [3.05, 3.63) is 65.9 Å². The van der Waals surface area contributed by atoms with Gasteiger partial charge in [0.1, 0.15) is 18.4 Å². The molecule has 0 bridgehead atoms. The number of fused-ring (bicyclic) bond motifs is 1. The van der Waals surface area contributed by atoms with E-state index in [9.17, 15) is 14.7 Å². The highest BCUT2D eigenvalue weighted by Gasteiger charge is 2.25. The molecule has 4 rings (SSSR count). The van der Waals surface area contributed by atoms with Gasteiger partial charge in [0.05, 0.1) is 13.5 Å². The number of aromatic hydroxyl groups is 1. The van der Waals surface area contributed by atoms with Gasteiger partial charge in [-0.05, 0) is 29.3 Å². The van der Waals surface area contributed by atoms with Crippen LogP contribution in [0, 0.1) is 0 Å². The highest BCUT2D eigenvalue weighted by molar-refractivity contribution is 7.99. The Balaban J connectivity index is 1.35. The highest BCUT2D eigenvalue weighted by Crippen LogP contribution is 2.24. The minimum Gasteiger partial charge on any atom is -0.508 e. The molecule has 10 nitrogen and oxygen atoms in total. The van der Waals surface area contributed by atoms with E-state index < -0.39 is 12.1 Å². The summed E-state index contributed by atoms with van der Waals surface area (Å²) in [6.07, 6.45) is 1.85. The quantitative estimate of drug-likeness (QED) is 0.306. The summed E-state index contributed by atoms with van der Waals surface area (Å²) in [5, 5.41) is 20.0. The zero-order chi connectivity index (χ0) is 25.3. The lowest BCUT2D eigenvalue weighted by molar-refractivity contribution is -0.122. The summed E-state index contributed by atoms with van der Waals surface area (Å²) >= 11 is 1.51. The molecule has 1 unspecified atom stereocenters. The van der Waals surface area contributed by atoms with Crippen LogP contribution in [-0.4, -0.2) is 58.9 Å². The molecule has 2 heterocycles. The van der Waals surface area contributed by atoms with Crippen LogP contribution in [0.2, 0.25) is 0 Å². The Bertz CT molecular complexity index is 1220. The number of hydrogen-bond donors (Lipinski definition) is 4. The molecule has 0 saturated heterocycles. The molecular formula is C25H28N4O6S. The van der Waals surface area contributed by atoms with Crippen molar-refractivity contribution in [1.29, 1.82) is 0 Å². The van der Waals surface area contributed by atoms with Crippen LogP contribution in [-0.2, 0) is 32.1 Å². The fourth-order valence-electron chi connectivity index (χ4n) is 3.70. The third-order valence-electron chi connectivity index (χ3n) is 5.55. The van der Waals surface area contributed by atoms with Gasteiger partial charge in [0.15, 0.2) is 5.44 Å². The number of alkyl carbamates (subject to hydrolysis) is 1. The van der Waals surface area contributed by atoms with E-state index >= 15 is 0 Å². The summed E-state index contributed by atoms with van der Waals surface area (Å²) in [6.45, 7) is 0.461. The van der Waals surface area contributed by atoms with E-state index in [1.807, 2.05) is 30.3 Å². The molecule has 190 valence electrons. The van der Waals surface area contributed by atoms with Crippen LogP contribution in [0.4, 0.5) is 4.79 Å². The number of H-pyrrole nitrogens is 1. The predicted molar refractivity (Wildman–Crippen MR) is 137 cm³/mol. The summed E-state index contributed by atoms with van der Waals surface area (Å²) in [7, 11) is 1.54. The molecule has 0 spiro atoms. The minimum absolute atomic E-state index is 0.0888. The number of rotatable bonds is 10. The van der Waals surface area contributed by atoms with E-state index in [4.69, 9.17) is 14.3 Å². The third kappa shape index (κ3) is 6.85. The molecule has 11 heteroatoms. The number of phenolic OH excluding ortho intramolecular Hbond substituents is 1. The van der Waals surface area contributed by atoms with Crippen LogP contribution in [0.15, 0.2) is 59.9 Å². The molecule has 0 aliphatic carbocycles. The summed E-state index contributed by atoms with van der Waals surface area (Å²) in [6, 6.07) is 13.4. The second-order valence-electron chi connectivity index (χ2n) is 8.10. The van der Waals surface area contributed by atoms with E-state index in [0.29, 0.717) is 24.6 Å². The number of thioether (sulfide) groups is 1. The van der Waals surface area contributed by atoms with Crippen LogP contribution >= 0.6 is 11.8 Å². The molecule has 1 aliphatic heterocycles. The number of hydrogen-bond acceptors (Lipinski definition) is 8. The summed E-state index contributed by atoms with van der Waals surface area (Å²) < 4.78 is 10.4. The molecule has 0 fully saturated rings. The number of ether oxygens (including phenoxy) is 2. The Morgan fingerprint density at radius 2 is 2.11 bits per heavy atom. The predicted octanol–water partition coefficient (Wildman–Crippen LogP) is 3.27. The topological polar surface area (TPSA) is 134 Å². The molecule has 1 aromatic heterocycles. The number of benzene rings is 2. The second kappa shape index (κ2) is 12.2. The normalized spacial score (nSPS) is 15.6. The molecule has 1 aliphatic rings. The molecular weight excluding hydrogens is 484 g/mol. The lowest BCUT2D eigenvalue weighted by Gasteiger charge is -2.18. The van der Waals surface area contributed by atoms with Crippen molar-refractivity contribution in [2.75, 3.05) is 19.4 Å². The van der Waals surface area contributed by atoms with Crippen LogP contribution in [0.3, 0.4) is 0 Å². The first-order valence-electron chi connectivity index (χ1n) is 11.4. The Morgan fingerprint density at radius 3 is 2.89 bits per heavy atom. The Hall–Kier alpha value is -3.86. The van der Waals surface area contributed by atoms with Gasteiger partial charge < -0.3 is 35.0 Å². The Morgan fingerprint density at radius 1 is 1.28 bits per heavy atom. The van der Waals surface area contributed by atoms with Crippen molar-refractivity contribution in [2.24, 2.45) is 5.16 Å². The third-order valence-corrected chi connectivity index (χ3v) is 6.61. The maximum absolute atomic E-state index is 13.1. The van der Waals surface area contributed by atoms with Gasteiger partial charge in [0, 0.05) is 35.8 Å². The van der Waals surface area contributed by atoms with Gasteiger partial charge in [0.25, 0.3) is 0 Å².